The predicted octanol–water partition coefficient (Wildman–Crippen LogP) is 2.87. The van der Waals surface area contributed by atoms with Gasteiger partial charge in [0.15, 0.2) is 0 Å². The van der Waals surface area contributed by atoms with E-state index in [0.29, 0.717) is 0 Å². The van der Waals surface area contributed by atoms with E-state index in [1.165, 1.54) is 0 Å². The number of nitrogens with two attached hydrogens (primary N) is 1. The molecule has 1 aromatic heterocycles. The molecule has 0 amide bonds. The zero-order chi connectivity index (χ0) is 13.1. The van der Waals surface area contributed by atoms with Crippen molar-refractivity contribution in [2.24, 2.45) is 11.1 Å². The molecule has 1 rings (SSSR count). The Morgan fingerprint density at radius 1 is 1.29 bits per heavy atom. The third-order valence-electron chi connectivity index (χ3n) is 3.77. The van der Waals surface area contributed by atoms with Crippen LogP contribution in [0.4, 0.5) is 0 Å². The van der Waals surface area contributed by atoms with Crippen LogP contribution in [0.25, 0.3) is 0 Å². The molecule has 0 bridgehead atoms. The molecule has 0 radical (unpaired) electrons. The number of nitrogens with zero attached hydrogens (tertiary/aromatic N) is 1. The standard InChI is InChI=1S/C14H26N2O/c1-6-16(10-12-8-7-9-17-12)11-13(2,3)14(4,5)15/h7-9H,6,10-11,15H2,1-5H3. The second-order valence-electron chi connectivity index (χ2n) is 5.99. The highest BCUT2D eigenvalue weighted by molar-refractivity contribution is 4.99. The van der Waals surface area contributed by atoms with Crippen molar-refractivity contribution in [3.8, 4) is 0 Å². The lowest BCUT2D eigenvalue weighted by molar-refractivity contribution is 0.107. The van der Waals surface area contributed by atoms with Gasteiger partial charge in [-0.2, -0.15) is 0 Å². The van der Waals surface area contributed by atoms with E-state index in [1.54, 1.807) is 6.26 Å². The van der Waals surface area contributed by atoms with Crippen molar-refractivity contribution in [3.05, 3.63) is 24.2 Å². The van der Waals surface area contributed by atoms with Crippen molar-refractivity contribution in [3.63, 3.8) is 0 Å². The predicted molar refractivity (Wildman–Crippen MR) is 71.7 cm³/mol. The van der Waals surface area contributed by atoms with Gasteiger partial charge in [0.05, 0.1) is 12.8 Å². The lowest BCUT2D eigenvalue weighted by atomic mass is 9.75. The molecule has 0 atom stereocenters. The second-order valence-corrected chi connectivity index (χ2v) is 5.99. The van der Waals surface area contributed by atoms with E-state index in [0.717, 1.165) is 25.4 Å². The van der Waals surface area contributed by atoms with Crippen LogP contribution in [0.15, 0.2) is 22.8 Å². The van der Waals surface area contributed by atoms with Gasteiger partial charge in [0.1, 0.15) is 5.76 Å². The second kappa shape index (κ2) is 5.23. The zero-order valence-corrected chi connectivity index (χ0v) is 11.8. The van der Waals surface area contributed by atoms with Crippen LogP contribution in [-0.2, 0) is 6.54 Å². The van der Waals surface area contributed by atoms with Gasteiger partial charge < -0.3 is 10.2 Å². The van der Waals surface area contributed by atoms with Crippen molar-refractivity contribution < 1.29 is 4.42 Å². The molecule has 17 heavy (non-hydrogen) atoms. The van der Waals surface area contributed by atoms with Crippen LogP contribution < -0.4 is 5.73 Å². The van der Waals surface area contributed by atoms with E-state index < -0.39 is 0 Å². The Bertz CT molecular complexity index is 322. The molecule has 0 saturated carbocycles. The molecule has 0 aromatic carbocycles. The van der Waals surface area contributed by atoms with Crippen molar-refractivity contribution in [1.29, 1.82) is 0 Å². The lowest BCUT2D eigenvalue weighted by Crippen LogP contribution is -2.52. The van der Waals surface area contributed by atoms with Crippen LogP contribution in [0.3, 0.4) is 0 Å². The first-order chi connectivity index (χ1) is 7.76. The largest absolute Gasteiger partial charge is 0.468 e. The molecule has 3 heteroatoms. The molecule has 1 aromatic rings. The zero-order valence-electron chi connectivity index (χ0n) is 11.8. The molecule has 0 aliphatic heterocycles. The van der Waals surface area contributed by atoms with E-state index in [4.69, 9.17) is 10.2 Å². The van der Waals surface area contributed by atoms with Crippen molar-refractivity contribution in [2.45, 2.75) is 46.7 Å². The third kappa shape index (κ3) is 3.86. The molecular formula is C14H26N2O. The van der Waals surface area contributed by atoms with Crippen LogP contribution in [0.5, 0.6) is 0 Å². The van der Waals surface area contributed by atoms with E-state index in [9.17, 15) is 0 Å². The first kappa shape index (κ1) is 14.3. The first-order valence-corrected chi connectivity index (χ1v) is 6.30. The van der Waals surface area contributed by atoms with Gasteiger partial charge >= 0.3 is 0 Å². The maximum Gasteiger partial charge on any atom is 0.117 e. The highest BCUT2D eigenvalue weighted by atomic mass is 16.3. The van der Waals surface area contributed by atoms with Gasteiger partial charge in [0, 0.05) is 12.1 Å². The molecule has 1 heterocycles. The summed E-state index contributed by atoms with van der Waals surface area (Å²) in [5.41, 5.74) is 6.11. The van der Waals surface area contributed by atoms with Gasteiger partial charge in [0.2, 0.25) is 0 Å². The summed E-state index contributed by atoms with van der Waals surface area (Å²) in [6.45, 7) is 13.6. The number of hydrogen-bond donors (Lipinski definition) is 1. The van der Waals surface area contributed by atoms with Crippen LogP contribution >= 0.6 is 0 Å². The average molecular weight is 238 g/mol. The van der Waals surface area contributed by atoms with Crippen LogP contribution in [0.1, 0.15) is 40.4 Å². The quantitative estimate of drug-likeness (QED) is 0.828. The summed E-state index contributed by atoms with van der Waals surface area (Å²) >= 11 is 0. The minimum absolute atomic E-state index is 0.0651. The summed E-state index contributed by atoms with van der Waals surface area (Å²) in [6, 6.07) is 3.95. The molecule has 0 saturated heterocycles. The molecule has 0 spiro atoms. The Kier molecular flexibility index (Phi) is 4.39. The smallest absolute Gasteiger partial charge is 0.117 e. The minimum Gasteiger partial charge on any atom is -0.468 e. The summed E-state index contributed by atoms with van der Waals surface area (Å²) in [4.78, 5) is 2.37. The number of rotatable bonds is 6. The van der Waals surface area contributed by atoms with E-state index in [1.807, 2.05) is 12.1 Å². The van der Waals surface area contributed by atoms with E-state index in [-0.39, 0.29) is 11.0 Å². The van der Waals surface area contributed by atoms with Gasteiger partial charge in [-0.25, -0.2) is 0 Å². The molecule has 0 fully saturated rings. The molecule has 0 unspecified atom stereocenters. The van der Waals surface area contributed by atoms with E-state index in [2.05, 4.69) is 39.5 Å². The Hall–Kier alpha value is -0.800. The van der Waals surface area contributed by atoms with Crippen LogP contribution in [0, 0.1) is 5.41 Å². The number of hydrogen-bond acceptors (Lipinski definition) is 3. The van der Waals surface area contributed by atoms with Gasteiger partial charge in [-0.05, 0) is 37.9 Å². The Morgan fingerprint density at radius 2 is 1.94 bits per heavy atom. The monoisotopic (exact) mass is 238 g/mol. The molecule has 0 aliphatic carbocycles. The van der Waals surface area contributed by atoms with Crippen molar-refractivity contribution >= 4 is 0 Å². The third-order valence-corrected chi connectivity index (χ3v) is 3.77. The highest BCUT2D eigenvalue weighted by Crippen LogP contribution is 2.29. The summed E-state index contributed by atoms with van der Waals surface area (Å²) < 4.78 is 5.39. The minimum atomic E-state index is -0.191. The summed E-state index contributed by atoms with van der Waals surface area (Å²) in [6.07, 6.45) is 1.72. The fourth-order valence-electron chi connectivity index (χ4n) is 1.67. The Labute approximate surface area is 105 Å². The topological polar surface area (TPSA) is 42.4 Å². The van der Waals surface area contributed by atoms with Gasteiger partial charge in [0.25, 0.3) is 0 Å². The van der Waals surface area contributed by atoms with Crippen molar-refractivity contribution in [1.82, 2.24) is 4.90 Å². The fraction of sp³-hybridized carbons (Fsp3) is 0.714. The average Bonchev–Trinajstić information content (AvgIpc) is 2.67. The van der Waals surface area contributed by atoms with Crippen molar-refractivity contribution in [2.75, 3.05) is 13.1 Å². The maximum absolute atomic E-state index is 6.24. The lowest BCUT2D eigenvalue weighted by Gasteiger charge is -2.41. The summed E-state index contributed by atoms with van der Waals surface area (Å²) in [5.74, 6) is 1.01. The molecular weight excluding hydrogens is 212 g/mol. The molecule has 98 valence electrons. The highest BCUT2D eigenvalue weighted by Gasteiger charge is 2.34. The van der Waals surface area contributed by atoms with Crippen LogP contribution in [-0.4, -0.2) is 23.5 Å². The van der Waals surface area contributed by atoms with Gasteiger partial charge in [-0.3, -0.25) is 4.90 Å². The van der Waals surface area contributed by atoms with Crippen LogP contribution in [0.2, 0.25) is 0 Å². The normalized spacial score (nSPS) is 13.4. The number of furan rings is 1. The van der Waals surface area contributed by atoms with Gasteiger partial charge in [-0.15, -0.1) is 0 Å². The first-order valence-electron chi connectivity index (χ1n) is 6.30. The fourth-order valence-corrected chi connectivity index (χ4v) is 1.67. The van der Waals surface area contributed by atoms with E-state index >= 15 is 0 Å². The molecule has 2 N–H and O–H groups in total. The molecule has 0 aliphatic rings. The Balaban J connectivity index is 2.64. The summed E-state index contributed by atoms with van der Waals surface area (Å²) in [5, 5.41) is 0. The van der Waals surface area contributed by atoms with Gasteiger partial charge in [-0.1, -0.05) is 20.8 Å². The molecule has 3 nitrogen and oxygen atoms in total. The Morgan fingerprint density at radius 3 is 2.35 bits per heavy atom. The SMILES string of the molecule is CCN(Cc1ccco1)CC(C)(C)C(C)(C)N. The summed E-state index contributed by atoms with van der Waals surface area (Å²) in [7, 11) is 0. The maximum atomic E-state index is 6.24.